The molecule has 0 unspecified atom stereocenters. The number of benzene rings is 2. The Morgan fingerprint density at radius 1 is 1.15 bits per heavy atom. The number of hydrogen-bond acceptors (Lipinski definition) is 5. The lowest BCUT2D eigenvalue weighted by molar-refractivity contribution is -0.157. The summed E-state index contributed by atoms with van der Waals surface area (Å²) in [5, 5.41) is 19.8. The molecule has 2 aromatic carbocycles. The molecule has 8 nitrogen and oxygen atoms in total. The molecule has 11 heteroatoms. The van der Waals surface area contributed by atoms with Gasteiger partial charge in [0, 0.05) is 5.70 Å². The van der Waals surface area contributed by atoms with Crippen molar-refractivity contribution in [3.05, 3.63) is 89.1 Å². The van der Waals surface area contributed by atoms with E-state index in [1.807, 2.05) is 6.07 Å². The molecule has 1 heterocycles. The van der Waals surface area contributed by atoms with Gasteiger partial charge in [-0.25, -0.2) is 9.59 Å². The molecule has 0 saturated heterocycles. The molecule has 1 atom stereocenters. The number of alkyl halides is 3. The summed E-state index contributed by atoms with van der Waals surface area (Å²) in [5.74, 6) is -2.33. The SMILES string of the molecule is C=CC[C@@]1(c2ccc(C#N)cc2)C(C(=O)O)=C(C)N(c2cccc(C(F)(F)F)c2)C(=O)N1CC(=O)OC(C)(C)C. The van der Waals surface area contributed by atoms with Crippen LogP contribution in [0.4, 0.5) is 23.7 Å². The van der Waals surface area contributed by atoms with Crippen LogP contribution >= 0.6 is 0 Å². The first-order valence-corrected chi connectivity index (χ1v) is 12.1. The highest BCUT2D eigenvalue weighted by atomic mass is 19.4. The quantitative estimate of drug-likeness (QED) is 0.332. The normalized spacial score (nSPS) is 17.9. The van der Waals surface area contributed by atoms with E-state index in [9.17, 15) is 37.9 Å². The third-order valence-corrected chi connectivity index (χ3v) is 6.28. The van der Waals surface area contributed by atoms with Crippen molar-refractivity contribution in [2.75, 3.05) is 11.4 Å². The molecule has 0 radical (unpaired) electrons. The third-order valence-electron chi connectivity index (χ3n) is 6.28. The van der Waals surface area contributed by atoms with E-state index in [1.165, 1.54) is 43.3 Å². The van der Waals surface area contributed by atoms with Gasteiger partial charge in [0.1, 0.15) is 17.7 Å². The molecule has 1 aliphatic rings. The predicted octanol–water partition coefficient (Wildman–Crippen LogP) is 5.99. The summed E-state index contributed by atoms with van der Waals surface area (Å²) in [4.78, 5) is 42.0. The average molecular weight is 556 g/mol. The van der Waals surface area contributed by atoms with Gasteiger partial charge in [-0.15, -0.1) is 6.58 Å². The van der Waals surface area contributed by atoms with E-state index < -0.39 is 47.4 Å². The first-order valence-electron chi connectivity index (χ1n) is 12.1. The van der Waals surface area contributed by atoms with Gasteiger partial charge in [0.05, 0.1) is 28.5 Å². The van der Waals surface area contributed by atoms with Crippen molar-refractivity contribution in [2.45, 2.75) is 51.4 Å². The second-order valence-corrected chi connectivity index (χ2v) is 10.1. The van der Waals surface area contributed by atoms with E-state index in [-0.39, 0.29) is 34.5 Å². The van der Waals surface area contributed by atoms with Gasteiger partial charge in [0.2, 0.25) is 0 Å². The van der Waals surface area contributed by atoms with Gasteiger partial charge < -0.3 is 9.84 Å². The van der Waals surface area contributed by atoms with Gasteiger partial charge in [-0.05, 0) is 70.0 Å². The highest BCUT2D eigenvalue weighted by molar-refractivity contribution is 6.05. The highest BCUT2D eigenvalue weighted by Crippen LogP contribution is 2.47. The Labute approximate surface area is 229 Å². The lowest BCUT2D eigenvalue weighted by Crippen LogP contribution is -2.62. The second kappa shape index (κ2) is 10.9. The van der Waals surface area contributed by atoms with Crippen molar-refractivity contribution in [3.63, 3.8) is 0 Å². The number of carboxylic acids is 1. The Morgan fingerprint density at radius 3 is 2.27 bits per heavy atom. The molecule has 210 valence electrons. The number of allylic oxidation sites excluding steroid dienone is 1. The number of rotatable bonds is 7. The van der Waals surface area contributed by atoms with Gasteiger partial charge in [-0.3, -0.25) is 14.6 Å². The number of carbonyl (C=O) groups is 3. The van der Waals surface area contributed by atoms with E-state index >= 15 is 0 Å². The Hall–Kier alpha value is -4.59. The van der Waals surface area contributed by atoms with Gasteiger partial charge >= 0.3 is 24.1 Å². The molecule has 1 N–H and O–H groups in total. The number of nitrogens with zero attached hydrogens (tertiary/aromatic N) is 3. The van der Waals surface area contributed by atoms with Crippen molar-refractivity contribution < 1.29 is 37.4 Å². The number of esters is 1. The summed E-state index contributed by atoms with van der Waals surface area (Å²) in [6.45, 7) is 9.15. The van der Waals surface area contributed by atoms with E-state index in [1.54, 1.807) is 20.8 Å². The summed E-state index contributed by atoms with van der Waals surface area (Å²) in [6.07, 6.45) is -3.53. The lowest BCUT2D eigenvalue weighted by atomic mass is 9.75. The Bertz CT molecular complexity index is 1420. The summed E-state index contributed by atoms with van der Waals surface area (Å²) in [6, 6.07) is 10.7. The minimum absolute atomic E-state index is 0.150. The number of amides is 2. The van der Waals surface area contributed by atoms with Crippen LogP contribution in [0.15, 0.2) is 72.5 Å². The monoisotopic (exact) mass is 555 g/mol. The standard InChI is InChI=1S/C29H28F3N3O5/c1-6-14-28(20-12-10-19(16-33)11-13-20)24(25(37)38)18(2)35(22-9-7-8-21(15-22)29(30,31)32)26(39)34(28)17-23(36)40-27(3,4)5/h6-13,15H,1,14,17H2,2-5H3,(H,37,38)/t28-/m1/s1. The Kier molecular flexibility index (Phi) is 8.15. The lowest BCUT2D eigenvalue weighted by Gasteiger charge is -2.50. The first kappa shape index (κ1) is 30.0. The molecular weight excluding hydrogens is 527 g/mol. The maximum Gasteiger partial charge on any atom is 0.416 e. The average Bonchev–Trinajstić information content (AvgIpc) is 2.85. The molecule has 0 aliphatic carbocycles. The van der Waals surface area contributed by atoms with Crippen molar-refractivity contribution >= 4 is 23.7 Å². The number of urea groups is 1. The number of carbonyl (C=O) groups excluding carboxylic acids is 2. The van der Waals surface area contributed by atoms with Gasteiger partial charge in [0.25, 0.3) is 0 Å². The smallest absolute Gasteiger partial charge is 0.416 e. The van der Waals surface area contributed by atoms with Gasteiger partial charge in [-0.2, -0.15) is 18.4 Å². The van der Waals surface area contributed by atoms with Crippen LogP contribution in [0.1, 0.15) is 50.8 Å². The molecule has 0 bridgehead atoms. The predicted molar refractivity (Wildman–Crippen MR) is 140 cm³/mol. The minimum atomic E-state index is -4.73. The van der Waals surface area contributed by atoms with E-state index in [0.29, 0.717) is 0 Å². The van der Waals surface area contributed by atoms with Gasteiger partial charge in [0.15, 0.2) is 0 Å². The zero-order chi connectivity index (χ0) is 30.0. The number of ether oxygens (including phenoxy) is 1. The van der Waals surface area contributed by atoms with Crippen LogP contribution in [0.2, 0.25) is 0 Å². The summed E-state index contributed by atoms with van der Waals surface area (Å²) < 4.78 is 46.0. The van der Waals surface area contributed by atoms with Crippen molar-refractivity contribution in [2.24, 2.45) is 0 Å². The zero-order valence-corrected chi connectivity index (χ0v) is 22.4. The fourth-order valence-electron chi connectivity index (χ4n) is 4.80. The van der Waals surface area contributed by atoms with Gasteiger partial charge in [-0.1, -0.05) is 24.3 Å². The first-order chi connectivity index (χ1) is 18.6. The second-order valence-electron chi connectivity index (χ2n) is 10.1. The van der Waals surface area contributed by atoms with Crippen molar-refractivity contribution in [1.82, 2.24) is 4.90 Å². The molecule has 0 aromatic heterocycles. The molecule has 3 rings (SSSR count). The minimum Gasteiger partial charge on any atom is -0.478 e. The fourth-order valence-corrected chi connectivity index (χ4v) is 4.80. The number of carboxylic acid groups (broad SMARTS) is 1. The van der Waals surface area contributed by atoms with Crippen LogP contribution in [0.25, 0.3) is 0 Å². The van der Waals surface area contributed by atoms with E-state index in [4.69, 9.17) is 4.74 Å². The molecule has 2 aromatic rings. The number of halogens is 3. The van der Waals surface area contributed by atoms with E-state index in [0.717, 1.165) is 28.0 Å². The number of hydrogen-bond donors (Lipinski definition) is 1. The maximum atomic E-state index is 14.2. The zero-order valence-electron chi connectivity index (χ0n) is 22.4. The van der Waals surface area contributed by atoms with Crippen LogP contribution in [0.5, 0.6) is 0 Å². The fraction of sp³-hybridized carbons (Fsp3) is 0.310. The van der Waals surface area contributed by atoms with Crippen LogP contribution < -0.4 is 4.90 Å². The van der Waals surface area contributed by atoms with Crippen LogP contribution in [0.3, 0.4) is 0 Å². The summed E-state index contributed by atoms with van der Waals surface area (Å²) >= 11 is 0. The summed E-state index contributed by atoms with van der Waals surface area (Å²) in [7, 11) is 0. The van der Waals surface area contributed by atoms with E-state index in [2.05, 4.69) is 6.58 Å². The molecule has 1 aliphatic heterocycles. The van der Waals surface area contributed by atoms with Crippen LogP contribution in [-0.4, -0.2) is 40.1 Å². The Balaban J connectivity index is 2.39. The summed E-state index contributed by atoms with van der Waals surface area (Å²) in [5.41, 5.74) is -4.05. The molecule has 0 spiro atoms. The third kappa shape index (κ3) is 5.71. The van der Waals surface area contributed by atoms with Crippen molar-refractivity contribution in [3.8, 4) is 6.07 Å². The number of aliphatic carboxylic acids is 1. The highest BCUT2D eigenvalue weighted by Gasteiger charge is 2.54. The number of anilines is 1. The van der Waals surface area contributed by atoms with Crippen LogP contribution in [0, 0.1) is 11.3 Å². The Morgan fingerprint density at radius 2 is 1.77 bits per heavy atom. The maximum absolute atomic E-state index is 14.2. The number of nitriles is 1. The molecule has 0 saturated carbocycles. The molecule has 0 fully saturated rings. The van der Waals surface area contributed by atoms with Crippen LogP contribution in [-0.2, 0) is 26.0 Å². The largest absolute Gasteiger partial charge is 0.478 e. The van der Waals surface area contributed by atoms with Crippen molar-refractivity contribution in [1.29, 1.82) is 5.26 Å². The topological polar surface area (TPSA) is 111 Å². The molecule has 40 heavy (non-hydrogen) atoms. The molecule has 2 amide bonds. The molecular formula is C29H28F3N3O5.